The maximum atomic E-state index is 3.88. The Balaban J connectivity index is 1.48. The number of benzene rings is 1. The molecule has 3 heteroatoms. The molecule has 0 aromatic heterocycles. The van der Waals surface area contributed by atoms with Gasteiger partial charge in [0.2, 0.25) is 0 Å². The van der Waals surface area contributed by atoms with Gasteiger partial charge in [0.05, 0.1) is 0 Å². The van der Waals surface area contributed by atoms with Crippen molar-refractivity contribution in [3.8, 4) is 0 Å². The van der Waals surface area contributed by atoms with Crippen LogP contribution in [0.5, 0.6) is 0 Å². The summed E-state index contributed by atoms with van der Waals surface area (Å²) in [7, 11) is 0. The average molecular weight is 299 g/mol. The van der Waals surface area contributed by atoms with E-state index in [9.17, 15) is 0 Å². The molecule has 0 bridgehead atoms. The normalized spacial score (nSPS) is 33.7. The Hall–Kier alpha value is -0.900. The fourth-order valence-electron chi connectivity index (χ4n) is 4.87. The highest BCUT2D eigenvalue weighted by Crippen LogP contribution is 2.31. The quantitative estimate of drug-likeness (QED) is 0.925. The van der Waals surface area contributed by atoms with Crippen LogP contribution in [-0.4, -0.2) is 54.1 Å². The molecular formula is C19H29N3. The monoisotopic (exact) mass is 299 g/mol. The topological polar surface area (TPSA) is 18.5 Å². The van der Waals surface area contributed by atoms with E-state index < -0.39 is 0 Å². The number of nitrogens with zero attached hydrogens (tertiary/aromatic N) is 2. The fraction of sp³-hybridized carbons (Fsp3) is 0.684. The zero-order chi connectivity index (χ0) is 14.8. The van der Waals surface area contributed by atoms with Gasteiger partial charge in [-0.2, -0.15) is 0 Å². The third-order valence-corrected chi connectivity index (χ3v) is 5.92. The lowest BCUT2D eigenvalue weighted by Crippen LogP contribution is -2.66. The number of fused-ring (bicyclic) bond motifs is 1. The molecule has 2 aliphatic heterocycles. The fourth-order valence-corrected chi connectivity index (χ4v) is 4.87. The second-order valence-corrected chi connectivity index (χ2v) is 7.24. The standard InChI is InChI=1S/C19H29N3/c1-2-7-16(8-3-1)15-22-14-11-20-19-17(9-6-10-18(19)22)21-12-4-5-13-21/h1-3,7-8,17-20H,4-6,9-15H2. The van der Waals surface area contributed by atoms with Crippen molar-refractivity contribution < 1.29 is 0 Å². The lowest BCUT2D eigenvalue weighted by Gasteiger charge is -2.50. The summed E-state index contributed by atoms with van der Waals surface area (Å²) in [5.74, 6) is 0. The Bertz CT molecular complexity index is 469. The Morgan fingerprint density at radius 3 is 2.50 bits per heavy atom. The predicted octanol–water partition coefficient (Wildman–Crippen LogP) is 2.48. The van der Waals surface area contributed by atoms with Crippen LogP contribution >= 0.6 is 0 Å². The number of piperazine rings is 1. The summed E-state index contributed by atoms with van der Waals surface area (Å²) in [6.45, 7) is 6.13. The second-order valence-electron chi connectivity index (χ2n) is 7.24. The van der Waals surface area contributed by atoms with E-state index in [4.69, 9.17) is 0 Å². The molecule has 2 heterocycles. The molecular weight excluding hydrogens is 270 g/mol. The van der Waals surface area contributed by atoms with E-state index in [1.165, 1.54) is 57.3 Å². The van der Waals surface area contributed by atoms with Gasteiger partial charge < -0.3 is 5.32 Å². The molecule has 1 aromatic carbocycles. The predicted molar refractivity (Wildman–Crippen MR) is 90.9 cm³/mol. The van der Waals surface area contributed by atoms with Gasteiger partial charge in [-0.3, -0.25) is 9.80 Å². The van der Waals surface area contributed by atoms with Crippen molar-refractivity contribution in [2.24, 2.45) is 0 Å². The zero-order valence-electron chi connectivity index (χ0n) is 13.6. The van der Waals surface area contributed by atoms with Crippen LogP contribution in [0.25, 0.3) is 0 Å². The molecule has 1 aliphatic carbocycles. The highest BCUT2D eigenvalue weighted by molar-refractivity contribution is 5.15. The lowest BCUT2D eigenvalue weighted by molar-refractivity contribution is 0.0278. The van der Waals surface area contributed by atoms with E-state index in [1.54, 1.807) is 0 Å². The van der Waals surface area contributed by atoms with Crippen molar-refractivity contribution in [1.82, 2.24) is 15.1 Å². The van der Waals surface area contributed by atoms with Gasteiger partial charge in [0.1, 0.15) is 0 Å². The van der Waals surface area contributed by atoms with Gasteiger partial charge in [0.25, 0.3) is 0 Å². The van der Waals surface area contributed by atoms with Gasteiger partial charge in [-0.1, -0.05) is 36.8 Å². The Morgan fingerprint density at radius 1 is 0.909 bits per heavy atom. The number of likely N-dealkylation sites (tertiary alicyclic amines) is 1. The Labute approximate surface area is 134 Å². The summed E-state index contributed by atoms with van der Waals surface area (Å²) >= 11 is 0. The second kappa shape index (κ2) is 6.69. The molecule has 3 unspecified atom stereocenters. The van der Waals surface area contributed by atoms with Gasteiger partial charge in [-0.25, -0.2) is 0 Å². The summed E-state index contributed by atoms with van der Waals surface area (Å²) in [4.78, 5) is 5.52. The molecule has 22 heavy (non-hydrogen) atoms. The molecule has 120 valence electrons. The number of hydrogen-bond donors (Lipinski definition) is 1. The van der Waals surface area contributed by atoms with Crippen LogP contribution in [0.1, 0.15) is 37.7 Å². The molecule has 0 amide bonds. The molecule has 0 spiro atoms. The molecule has 1 N–H and O–H groups in total. The maximum absolute atomic E-state index is 3.88. The van der Waals surface area contributed by atoms with E-state index >= 15 is 0 Å². The molecule has 3 nitrogen and oxygen atoms in total. The third kappa shape index (κ3) is 2.94. The Kier molecular flexibility index (Phi) is 4.47. The van der Waals surface area contributed by atoms with Crippen LogP contribution in [0.15, 0.2) is 30.3 Å². The summed E-state index contributed by atoms with van der Waals surface area (Å²) in [6, 6.07) is 13.2. The summed E-state index contributed by atoms with van der Waals surface area (Å²) in [5, 5.41) is 3.88. The first kappa shape index (κ1) is 14.7. The largest absolute Gasteiger partial charge is 0.310 e. The first-order valence-electron chi connectivity index (χ1n) is 9.17. The minimum atomic E-state index is 0.685. The molecule has 4 rings (SSSR count). The molecule has 1 saturated carbocycles. The molecule has 3 fully saturated rings. The van der Waals surface area contributed by atoms with Crippen LogP contribution < -0.4 is 5.32 Å². The van der Waals surface area contributed by atoms with Crippen LogP contribution in [0.2, 0.25) is 0 Å². The zero-order valence-corrected chi connectivity index (χ0v) is 13.6. The number of hydrogen-bond acceptors (Lipinski definition) is 3. The highest BCUT2D eigenvalue weighted by atomic mass is 15.3. The van der Waals surface area contributed by atoms with Crippen LogP contribution in [-0.2, 0) is 6.54 Å². The summed E-state index contributed by atoms with van der Waals surface area (Å²) in [5.41, 5.74) is 1.46. The first-order valence-corrected chi connectivity index (χ1v) is 9.17. The van der Waals surface area contributed by atoms with E-state index in [0.29, 0.717) is 6.04 Å². The lowest BCUT2D eigenvalue weighted by atomic mass is 9.82. The van der Waals surface area contributed by atoms with Crippen LogP contribution in [0.3, 0.4) is 0 Å². The minimum absolute atomic E-state index is 0.685. The van der Waals surface area contributed by atoms with Crippen molar-refractivity contribution in [2.75, 3.05) is 26.2 Å². The smallest absolute Gasteiger partial charge is 0.0380 e. The van der Waals surface area contributed by atoms with Gasteiger partial charge in [0.15, 0.2) is 0 Å². The number of nitrogens with one attached hydrogen (secondary N) is 1. The van der Waals surface area contributed by atoms with E-state index in [0.717, 1.165) is 25.2 Å². The summed E-state index contributed by atoms with van der Waals surface area (Å²) in [6.07, 6.45) is 6.97. The van der Waals surface area contributed by atoms with Crippen LogP contribution in [0.4, 0.5) is 0 Å². The van der Waals surface area contributed by atoms with E-state index in [2.05, 4.69) is 45.4 Å². The minimum Gasteiger partial charge on any atom is -0.310 e. The van der Waals surface area contributed by atoms with Crippen molar-refractivity contribution in [1.29, 1.82) is 0 Å². The molecule has 3 atom stereocenters. The van der Waals surface area contributed by atoms with Crippen molar-refractivity contribution in [2.45, 2.75) is 56.8 Å². The number of rotatable bonds is 3. The highest BCUT2D eigenvalue weighted by Gasteiger charge is 2.41. The van der Waals surface area contributed by atoms with Gasteiger partial charge in [-0.15, -0.1) is 0 Å². The Morgan fingerprint density at radius 2 is 1.68 bits per heavy atom. The maximum Gasteiger partial charge on any atom is 0.0380 e. The van der Waals surface area contributed by atoms with Gasteiger partial charge >= 0.3 is 0 Å². The van der Waals surface area contributed by atoms with Crippen molar-refractivity contribution in [3.63, 3.8) is 0 Å². The van der Waals surface area contributed by atoms with Gasteiger partial charge in [-0.05, 0) is 44.3 Å². The van der Waals surface area contributed by atoms with Crippen LogP contribution in [0, 0.1) is 0 Å². The average Bonchev–Trinajstić information content (AvgIpc) is 3.10. The molecule has 0 radical (unpaired) electrons. The molecule has 2 saturated heterocycles. The van der Waals surface area contributed by atoms with Crippen molar-refractivity contribution in [3.05, 3.63) is 35.9 Å². The third-order valence-electron chi connectivity index (χ3n) is 5.92. The molecule has 3 aliphatic rings. The molecule has 1 aromatic rings. The summed E-state index contributed by atoms with van der Waals surface area (Å²) < 4.78 is 0. The van der Waals surface area contributed by atoms with E-state index in [1.807, 2.05) is 0 Å². The van der Waals surface area contributed by atoms with Crippen molar-refractivity contribution >= 4 is 0 Å². The SMILES string of the molecule is c1ccc(CN2CCNC3C(N4CCCC4)CCCC32)cc1. The first-order chi connectivity index (χ1) is 10.9. The van der Waals surface area contributed by atoms with E-state index in [-0.39, 0.29) is 0 Å². The van der Waals surface area contributed by atoms with Gasteiger partial charge in [0, 0.05) is 37.8 Å².